The monoisotopic (exact) mass is 694 g/mol. The van der Waals surface area contributed by atoms with Gasteiger partial charge in [-0.3, -0.25) is 4.79 Å². The van der Waals surface area contributed by atoms with E-state index in [0.29, 0.717) is 57.0 Å². The summed E-state index contributed by atoms with van der Waals surface area (Å²) in [4.78, 5) is 37.4. The van der Waals surface area contributed by atoms with Crippen LogP contribution < -0.4 is 61.0 Å². The first kappa shape index (κ1) is 38.2. The summed E-state index contributed by atoms with van der Waals surface area (Å²) in [5, 5.41) is 28.1. The third kappa shape index (κ3) is 7.42. The Bertz CT molecular complexity index is 2030. The van der Waals surface area contributed by atoms with Crippen LogP contribution in [-0.2, 0) is 15.1 Å². The zero-order valence-electron chi connectivity index (χ0n) is 28.3. The number of azo groups is 1. The smallest absolute Gasteiger partial charge is 0.508 e. The van der Waals surface area contributed by atoms with Gasteiger partial charge in [0.2, 0.25) is 0 Å². The fourth-order valence-corrected chi connectivity index (χ4v) is 5.61. The van der Waals surface area contributed by atoms with E-state index in [1.165, 1.54) is 24.3 Å². The average molecular weight is 695 g/mol. The third-order valence-electron chi connectivity index (χ3n) is 8.05. The first-order chi connectivity index (χ1) is 23.1. The average Bonchev–Trinajstić information content (AvgIpc) is 3.38. The minimum absolute atomic E-state index is 0. The van der Waals surface area contributed by atoms with Crippen LogP contribution in [0.4, 0.5) is 17.1 Å². The van der Waals surface area contributed by atoms with Crippen LogP contribution in [0.3, 0.4) is 0 Å². The number of aromatic hydroxyl groups is 2. The predicted octanol–water partition coefficient (Wildman–Crippen LogP) is 5.34. The molecule has 11 heteroatoms. The van der Waals surface area contributed by atoms with Gasteiger partial charge >= 0.3 is 57.4 Å². The van der Waals surface area contributed by atoms with Gasteiger partial charge in [-0.1, -0.05) is 31.2 Å². The van der Waals surface area contributed by atoms with Crippen LogP contribution >= 0.6 is 0 Å². The van der Waals surface area contributed by atoms with Crippen molar-refractivity contribution < 1.29 is 85.5 Å². The second-order valence-corrected chi connectivity index (χ2v) is 11.3. The second kappa shape index (κ2) is 15.9. The fourth-order valence-electron chi connectivity index (χ4n) is 5.61. The van der Waals surface area contributed by atoms with Crippen LogP contribution in [-0.4, -0.2) is 42.3 Å². The number of esters is 1. The zero-order chi connectivity index (χ0) is 34.0. The van der Waals surface area contributed by atoms with Gasteiger partial charge in [0.15, 0.2) is 11.4 Å². The van der Waals surface area contributed by atoms with Crippen molar-refractivity contribution in [3.05, 3.63) is 144 Å². The molecule has 0 unspecified atom stereocenters. The first-order valence-corrected chi connectivity index (χ1v) is 15.1. The molecule has 0 amide bonds. The van der Waals surface area contributed by atoms with Crippen LogP contribution in [0.1, 0.15) is 56.3 Å². The van der Waals surface area contributed by atoms with Crippen molar-refractivity contribution in [3.63, 3.8) is 0 Å². The van der Waals surface area contributed by atoms with Crippen LogP contribution in [0.5, 0.6) is 23.0 Å². The van der Waals surface area contributed by atoms with Gasteiger partial charge in [0, 0.05) is 60.6 Å². The van der Waals surface area contributed by atoms with Crippen molar-refractivity contribution >= 4 is 35.1 Å². The number of hydrogen-bond acceptors (Lipinski definition) is 10. The third-order valence-corrected chi connectivity index (χ3v) is 8.05. The number of ether oxygens (including phenoxy) is 2. The molecule has 5 aromatic rings. The van der Waals surface area contributed by atoms with Gasteiger partial charge in [0.1, 0.15) is 23.0 Å². The summed E-state index contributed by atoms with van der Waals surface area (Å²) < 4.78 is 11.9. The summed E-state index contributed by atoms with van der Waals surface area (Å²) in [5.74, 6) is 0.0108. The number of rotatable bonds is 6. The maximum absolute atomic E-state index is 12.9. The van der Waals surface area contributed by atoms with E-state index in [1.54, 1.807) is 61.5 Å². The quantitative estimate of drug-likeness (QED) is 0.0800. The Kier molecular flexibility index (Phi) is 12.1. The maximum atomic E-state index is 12.9. The Balaban J connectivity index is 0.000000235. The van der Waals surface area contributed by atoms with Crippen LogP contribution in [0, 0.1) is 7.43 Å². The molecule has 1 spiro atoms. The molecule has 2 aliphatic rings. The summed E-state index contributed by atoms with van der Waals surface area (Å²) in [6.45, 7) is 1.76. The van der Waals surface area contributed by atoms with Gasteiger partial charge in [-0.25, -0.2) is 4.79 Å². The van der Waals surface area contributed by atoms with Crippen LogP contribution in [0.15, 0.2) is 113 Å². The number of ketones is 1. The molecule has 50 heavy (non-hydrogen) atoms. The number of phenolic OH excluding ortho intramolecular Hbond substituents is 2. The van der Waals surface area contributed by atoms with E-state index < -0.39 is 11.6 Å². The van der Waals surface area contributed by atoms with E-state index in [1.807, 2.05) is 49.5 Å². The van der Waals surface area contributed by atoms with E-state index in [4.69, 9.17) is 9.47 Å². The van der Waals surface area contributed by atoms with Gasteiger partial charge in [-0.05, 0) is 54.6 Å². The summed E-state index contributed by atoms with van der Waals surface area (Å²) in [6.07, 6.45) is 2.15. The number of nitrogens with zero attached hydrogens (tertiary/aromatic N) is 3. The van der Waals surface area contributed by atoms with Gasteiger partial charge in [0.05, 0.1) is 23.2 Å². The molecule has 2 heterocycles. The molecular weight excluding hydrogens is 662 g/mol. The van der Waals surface area contributed by atoms with Crippen molar-refractivity contribution in [1.82, 2.24) is 0 Å². The van der Waals surface area contributed by atoms with E-state index in [0.717, 1.165) is 11.4 Å². The van der Waals surface area contributed by atoms with Crippen molar-refractivity contribution in [2.45, 2.75) is 18.9 Å². The van der Waals surface area contributed by atoms with Crippen molar-refractivity contribution in [2.24, 2.45) is 10.2 Å². The Labute approximate surface area is 332 Å². The molecule has 2 N–H and O–H groups in total. The zero-order valence-corrected chi connectivity index (χ0v) is 31.4. The normalized spacial score (nSPS) is 12.8. The molecule has 0 atom stereocenters. The topological polar surface area (TPSA) is 138 Å². The summed E-state index contributed by atoms with van der Waals surface area (Å²) in [5.41, 5.74) is 4.26. The molecule has 5 aromatic carbocycles. The number of fused-ring (bicyclic) bond motifs is 6. The number of phenols is 2. The first-order valence-electron chi connectivity index (χ1n) is 15.1. The van der Waals surface area contributed by atoms with E-state index in [9.17, 15) is 24.6 Å². The largest absolute Gasteiger partial charge is 1.00 e. The van der Waals surface area contributed by atoms with E-state index in [-0.39, 0.29) is 76.1 Å². The molecule has 0 fully saturated rings. The molecule has 248 valence electrons. The number of anilines is 1. The minimum atomic E-state index is -1.30. The molecule has 0 bridgehead atoms. The predicted molar refractivity (Wildman–Crippen MR) is 185 cm³/mol. The Morgan fingerprint density at radius 3 is 1.80 bits per heavy atom. The molecule has 0 saturated carbocycles. The van der Waals surface area contributed by atoms with E-state index >= 15 is 0 Å². The molecule has 0 saturated heterocycles. The molecule has 0 aromatic heterocycles. The van der Waals surface area contributed by atoms with E-state index in [2.05, 4.69) is 10.2 Å². The number of carbonyl (C=O) groups is 2. The SMILES string of the molecule is CCC(=O)c1ccc2c(c1)C(=O)OC21c2ccc(O)cc2Oc2cc(O)ccc21.CN(C)c1ccc(N=Nc2ccc([C-]=O)cc2)cc1.[CH3-].[K+]. The summed E-state index contributed by atoms with van der Waals surface area (Å²) >= 11 is 0. The molecule has 10 nitrogen and oxygen atoms in total. The molecule has 0 aliphatic carbocycles. The minimum Gasteiger partial charge on any atom is -0.508 e. The van der Waals surface area contributed by atoms with Gasteiger partial charge in [0.25, 0.3) is 0 Å². The van der Waals surface area contributed by atoms with Gasteiger partial charge in [-0.2, -0.15) is 27.9 Å². The van der Waals surface area contributed by atoms with Crippen LogP contribution in [0.2, 0.25) is 0 Å². The Morgan fingerprint density at radius 1 is 0.780 bits per heavy atom. The maximum Gasteiger partial charge on any atom is 1.00 e. The van der Waals surface area contributed by atoms with Crippen molar-refractivity contribution in [1.29, 1.82) is 0 Å². The number of benzene rings is 5. The summed E-state index contributed by atoms with van der Waals surface area (Å²) in [6, 6.07) is 28.7. The molecule has 7 rings (SSSR count). The standard InChI is InChI=1S/C23H16O6.C15H14N3O.CH3.K/c1-2-19(26)12-3-6-16-15(9-12)22(27)29-23(16)17-7-4-13(24)10-20(17)28-21-11-14(25)5-8-18(21)23;1-18(2)15-9-7-14(8-10-15)17-16-13-5-3-12(11-19)4-6-13;;/h3-11,24-25H,2H2,1H3;3-10H,1-2H3;1H3;/q;2*-1;+1. The second-order valence-electron chi connectivity index (χ2n) is 11.3. The molecule has 2 aliphatic heterocycles. The van der Waals surface area contributed by atoms with Crippen molar-refractivity contribution in [2.75, 3.05) is 19.0 Å². The number of Topliss-reactive ketones (excluding diaryl/α,β-unsaturated/α-hetero) is 1. The fraction of sp³-hybridized carbons (Fsp3) is 0.128. The Morgan fingerprint density at radius 2 is 1.30 bits per heavy atom. The van der Waals surface area contributed by atoms with Crippen molar-refractivity contribution in [3.8, 4) is 23.0 Å². The van der Waals surface area contributed by atoms with Crippen LogP contribution in [0.25, 0.3) is 0 Å². The summed E-state index contributed by atoms with van der Waals surface area (Å²) in [7, 11) is 3.98. The number of hydrogen-bond donors (Lipinski definition) is 2. The van der Waals surface area contributed by atoms with Gasteiger partial charge < -0.3 is 36.8 Å². The Hall–Kier alpha value is -4.65. The molecule has 0 radical (unpaired) electrons. The number of carbonyl (C=O) groups excluding carboxylic acids is 3. The van der Waals surface area contributed by atoms with Gasteiger partial charge in [-0.15, -0.1) is 0 Å². The molecular formula is C39H33KN3O7-.